The van der Waals surface area contributed by atoms with Gasteiger partial charge in [-0.05, 0) is 19.1 Å². The molecule has 2 aromatic rings. The summed E-state index contributed by atoms with van der Waals surface area (Å²) in [6.45, 7) is 5.04. The molecule has 4 nitrogen and oxygen atoms in total. The van der Waals surface area contributed by atoms with Crippen LogP contribution < -0.4 is 10.2 Å². The number of aromatic nitrogens is 1. The van der Waals surface area contributed by atoms with Crippen molar-refractivity contribution >= 4 is 29.0 Å². The molecule has 0 spiro atoms. The molecule has 1 heterocycles. The molecule has 0 saturated heterocycles. The number of thioether (sulfide) groups is 1. The maximum absolute atomic E-state index is 11.9. The van der Waals surface area contributed by atoms with Crippen LogP contribution in [0.25, 0.3) is 0 Å². The lowest BCUT2D eigenvalue weighted by Gasteiger charge is -2.12. The molecular formula is C16H20N2O2S2. The highest BCUT2D eigenvalue weighted by Gasteiger charge is 2.09. The molecule has 0 radical (unpaired) electrons. The number of hydrogen-bond acceptors (Lipinski definition) is 4. The Bertz CT molecular complexity index is 664. The van der Waals surface area contributed by atoms with Gasteiger partial charge in [-0.1, -0.05) is 36.5 Å². The monoisotopic (exact) mass is 336 g/mol. The van der Waals surface area contributed by atoms with Crippen LogP contribution in [0, 0.1) is 6.92 Å². The molecule has 22 heavy (non-hydrogen) atoms. The van der Waals surface area contributed by atoms with Crippen molar-refractivity contribution in [1.29, 1.82) is 0 Å². The van der Waals surface area contributed by atoms with Crippen LogP contribution in [0.5, 0.6) is 0 Å². The van der Waals surface area contributed by atoms with Crippen LogP contribution in [0.15, 0.2) is 45.4 Å². The first-order valence-electron chi connectivity index (χ1n) is 7.19. The summed E-state index contributed by atoms with van der Waals surface area (Å²) in [5.74, 6) is -0.0157. The van der Waals surface area contributed by atoms with Crippen LogP contribution in [0.4, 0.5) is 0 Å². The van der Waals surface area contributed by atoms with E-state index in [0.717, 1.165) is 5.69 Å². The zero-order valence-electron chi connectivity index (χ0n) is 12.7. The maximum atomic E-state index is 11.9. The Balaban J connectivity index is 1.72. The van der Waals surface area contributed by atoms with Crippen LogP contribution >= 0.6 is 23.1 Å². The van der Waals surface area contributed by atoms with Gasteiger partial charge < -0.3 is 9.88 Å². The predicted octanol–water partition coefficient (Wildman–Crippen LogP) is 2.91. The van der Waals surface area contributed by atoms with Crippen molar-refractivity contribution in [3.63, 3.8) is 0 Å². The first-order chi connectivity index (χ1) is 10.6. The summed E-state index contributed by atoms with van der Waals surface area (Å²) < 4.78 is 1.65. The fourth-order valence-corrected chi connectivity index (χ4v) is 3.71. The quantitative estimate of drug-likeness (QED) is 0.791. The molecule has 1 aromatic heterocycles. The number of nitrogens with zero attached hydrogens (tertiary/aromatic N) is 1. The van der Waals surface area contributed by atoms with E-state index in [1.807, 2.05) is 30.5 Å². The lowest BCUT2D eigenvalue weighted by molar-refractivity contribution is -0.121. The molecule has 1 amide bonds. The highest BCUT2D eigenvalue weighted by atomic mass is 32.2. The van der Waals surface area contributed by atoms with Crippen molar-refractivity contribution in [3.8, 4) is 0 Å². The minimum atomic E-state index is -0.0157. The standard InChI is InChI=1S/C16H20N2O2S2/c1-12-11-21-16(20)18(12)9-8-15(19)17-10-13(2)22-14-6-4-3-5-7-14/h3-7,11,13H,8-10H2,1-2H3,(H,17,19). The molecule has 0 saturated carbocycles. The molecule has 1 unspecified atom stereocenters. The first-order valence-corrected chi connectivity index (χ1v) is 8.95. The molecule has 6 heteroatoms. The summed E-state index contributed by atoms with van der Waals surface area (Å²) in [5, 5.41) is 5.05. The normalized spacial score (nSPS) is 12.1. The van der Waals surface area contributed by atoms with Gasteiger partial charge in [-0.3, -0.25) is 9.59 Å². The number of amides is 1. The van der Waals surface area contributed by atoms with Crippen LogP contribution in [-0.2, 0) is 11.3 Å². The summed E-state index contributed by atoms with van der Waals surface area (Å²) in [6, 6.07) is 10.1. The van der Waals surface area contributed by atoms with E-state index < -0.39 is 0 Å². The van der Waals surface area contributed by atoms with Gasteiger partial charge in [0.15, 0.2) is 0 Å². The molecule has 1 atom stereocenters. The smallest absolute Gasteiger partial charge is 0.307 e. The van der Waals surface area contributed by atoms with Crippen LogP contribution in [0.1, 0.15) is 19.0 Å². The average molecular weight is 336 g/mol. The van der Waals surface area contributed by atoms with Gasteiger partial charge in [-0.2, -0.15) is 0 Å². The zero-order valence-corrected chi connectivity index (χ0v) is 14.4. The van der Waals surface area contributed by atoms with E-state index in [2.05, 4.69) is 24.4 Å². The SMILES string of the molecule is Cc1csc(=O)n1CCC(=O)NCC(C)Sc1ccccc1. The van der Waals surface area contributed by atoms with E-state index in [1.165, 1.54) is 16.2 Å². The van der Waals surface area contributed by atoms with Crippen LogP contribution in [0.2, 0.25) is 0 Å². The molecule has 0 aliphatic carbocycles. The molecule has 1 aromatic carbocycles. The van der Waals surface area contributed by atoms with E-state index in [1.54, 1.807) is 16.3 Å². The minimum absolute atomic E-state index is 0.00157. The third-order valence-corrected chi connectivity index (χ3v) is 5.20. The number of rotatable bonds is 7. The summed E-state index contributed by atoms with van der Waals surface area (Å²) >= 11 is 2.91. The Morgan fingerprint density at radius 1 is 1.36 bits per heavy atom. The number of benzene rings is 1. The van der Waals surface area contributed by atoms with Gasteiger partial charge in [0.1, 0.15) is 0 Å². The predicted molar refractivity (Wildman–Crippen MR) is 92.7 cm³/mol. The third-order valence-electron chi connectivity index (χ3n) is 3.21. The molecular weight excluding hydrogens is 316 g/mol. The Kier molecular flexibility index (Phi) is 6.27. The fourth-order valence-electron chi connectivity index (χ4n) is 2.01. The number of nitrogens with one attached hydrogen (secondary N) is 1. The van der Waals surface area contributed by atoms with Crippen molar-refractivity contribution in [2.45, 2.75) is 37.0 Å². The van der Waals surface area contributed by atoms with E-state index in [9.17, 15) is 9.59 Å². The van der Waals surface area contributed by atoms with Gasteiger partial charge in [0.25, 0.3) is 0 Å². The van der Waals surface area contributed by atoms with Gasteiger partial charge in [0.2, 0.25) is 5.91 Å². The van der Waals surface area contributed by atoms with Crippen molar-refractivity contribution in [2.75, 3.05) is 6.54 Å². The average Bonchev–Trinajstić information content (AvgIpc) is 2.83. The number of aryl methyl sites for hydroxylation is 1. The number of carbonyl (C=O) groups is 1. The van der Waals surface area contributed by atoms with E-state index >= 15 is 0 Å². The topological polar surface area (TPSA) is 51.1 Å². The van der Waals surface area contributed by atoms with Crippen molar-refractivity contribution in [1.82, 2.24) is 9.88 Å². The second kappa shape index (κ2) is 8.19. The number of carbonyl (C=O) groups excluding carboxylic acids is 1. The molecule has 2 rings (SSSR count). The van der Waals surface area contributed by atoms with Crippen LogP contribution in [0.3, 0.4) is 0 Å². The highest BCUT2D eigenvalue weighted by molar-refractivity contribution is 8.00. The van der Waals surface area contributed by atoms with E-state index in [0.29, 0.717) is 24.8 Å². The second-order valence-corrected chi connectivity index (χ2v) is 7.42. The zero-order chi connectivity index (χ0) is 15.9. The van der Waals surface area contributed by atoms with Crippen LogP contribution in [-0.4, -0.2) is 22.3 Å². The molecule has 118 valence electrons. The Morgan fingerprint density at radius 3 is 2.73 bits per heavy atom. The highest BCUT2D eigenvalue weighted by Crippen LogP contribution is 2.21. The van der Waals surface area contributed by atoms with Gasteiger partial charge in [0, 0.05) is 40.7 Å². The number of hydrogen-bond donors (Lipinski definition) is 1. The lowest BCUT2D eigenvalue weighted by Crippen LogP contribution is -2.30. The Labute approximate surface area is 138 Å². The molecule has 0 fully saturated rings. The Morgan fingerprint density at radius 2 is 2.09 bits per heavy atom. The third kappa shape index (κ3) is 5.03. The summed E-state index contributed by atoms with van der Waals surface area (Å²) in [5.41, 5.74) is 0.913. The van der Waals surface area contributed by atoms with E-state index in [4.69, 9.17) is 0 Å². The first kappa shape index (κ1) is 16.8. The van der Waals surface area contributed by atoms with E-state index in [-0.39, 0.29) is 10.8 Å². The maximum Gasteiger partial charge on any atom is 0.307 e. The molecule has 1 N–H and O–H groups in total. The van der Waals surface area contributed by atoms with Crippen molar-refractivity contribution < 1.29 is 4.79 Å². The summed E-state index contributed by atoms with van der Waals surface area (Å²) in [6.07, 6.45) is 0.334. The van der Waals surface area contributed by atoms with Gasteiger partial charge in [-0.25, -0.2) is 0 Å². The summed E-state index contributed by atoms with van der Waals surface area (Å²) in [4.78, 5) is 24.7. The largest absolute Gasteiger partial charge is 0.355 e. The van der Waals surface area contributed by atoms with Gasteiger partial charge >= 0.3 is 4.87 Å². The lowest BCUT2D eigenvalue weighted by atomic mass is 10.3. The minimum Gasteiger partial charge on any atom is -0.355 e. The number of thiazole rings is 1. The molecule has 0 aliphatic rings. The molecule has 0 bridgehead atoms. The Hall–Kier alpha value is -1.53. The van der Waals surface area contributed by atoms with Gasteiger partial charge in [-0.15, -0.1) is 11.8 Å². The summed E-state index contributed by atoms with van der Waals surface area (Å²) in [7, 11) is 0. The van der Waals surface area contributed by atoms with Crippen molar-refractivity contribution in [3.05, 3.63) is 51.1 Å². The molecule has 0 aliphatic heterocycles. The van der Waals surface area contributed by atoms with Gasteiger partial charge in [0.05, 0.1) is 0 Å². The van der Waals surface area contributed by atoms with Crippen molar-refractivity contribution in [2.24, 2.45) is 0 Å². The second-order valence-electron chi connectivity index (χ2n) is 5.09. The fraction of sp³-hybridized carbons (Fsp3) is 0.375.